The summed E-state index contributed by atoms with van der Waals surface area (Å²) in [5.74, 6) is 1.89. The van der Waals surface area contributed by atoms with E-state index in [9.17, 15) is 0 Å². The van der Waals surface area contributed by atoms with E-state index in [0.29, 0.717) is 18.4 Å². The van der Waals surface area contributed by atoms with Crippen LogP contribution in [0.3, 0.4) is 0 Å². The number of aliphatic imine (C=N–C) groups is 1. The topological polar surface area (TPSA) is 66.5 Å². The lowest BCUT2D eigenvalue weighted by Crippen LogP contribution is -2.23. The Morgan fingerprint density at radius 2 is 1.96 bits per heavy atom. The van der Waals surface area contributed by atoms with Gasteiger partial charge in [-0.25, -0.2) is 9.98 Å². The molecule has 0 spiro atoms. The average molecular weight is 339 g/mol. The van der Waals surface area contributed by atoms with E-state index in [2.05, 4.69) is 66.1 Å². The molecule has 2 aromatic rings. The maximum Gasteiger partial charge on any atom is 0.193 e. The minimum atomic E-state index is 0.411. The normalized spacial score (nSPS) is 11.6. The summed E-state index contributed by atoms with van der Waals surface area (Å²) in [6.45, 7) is 11.0. The SMILES string of the molecule is CCN(CC)c1ccc(CN=C(N)Nc2cccc(C(C)C)c2)cn1. The van der Waals surface area contributed by atoms with Gasteiger partial charge in [0.05, 0.1) is 6.54 Å². The molecule has 0 bridgehead atoms. The van der Waals surface area contributed by atoms with Crippen molar-refractivity contribution >= 4 is 17.5 Å². The van der Waals surface area contributed by atoms with Crippen LogP contribution in [0.1, 0.15) is 44.7 Å². The number of aromatic nitrogens is 1. The first-order valence-electron chi connectivity index (χ1n) is 8.90. The summed E-state index contributed by atoms with van der Waals surface area (Å²) in [6, 6.07) is 12.3. The molecular weight excluding hydrogens is 310 g/mol. The summed E-state index contributed by atoms with van der Waals surface area (Å²) in [5, 5.41) is 3.15. The minimum Gasteiger partial charge on any atom is -0.370 e. The largest absolute Gasteiger partial charge is 0.370 e. The van der Waals surface area contributed by atoms with E-state index < -0.39 is 0 Å². The van der Waals surface area contributed by atoms with Crippen molar-refractivity contribution in [2.45, 2.75) is 40.2 Å². The Balaban J connectivity index is 1.98. The van der Waals surface area contributed by atoms with Gasteiger partial charge in [0.1, 0.15) is 5.82 Å². The minimum absolute atomic E-state index is 0.411. The number of anilines is 2. The number of nitrogens with two attached hydrogens (primary N) is 1. The fourth-order valence-corrected chi connectivity index (χ4v) is 2.58. The molecule has 0 amide bonds. The Morgan fingerprint density at radius 3 is 2.56 bits per heavy atom. The zero-order chi connectivity index (χ0) is 18.2. The van der Waals surface area contributed by atoms with Gasteiger partial charge in [-0.3, -0.25) is 0 Å². The van der Waals surface area contributed by atoms with Gasteiger partial charge in [0.25, 0.3) is 0 Å². The third-order valence-corrected chi connectivity index (χ3v) is 4.15. The molecule has 0 atom stereocenters. The van der Waals surface area contributed by atoms with E-state index in [1.54, 1.807) is 0 Å². The second-order valence-electron chi connectivity index (χ2n) is 6.30. The lowest BCUT2D eigenvalue weighted by atomic mass is 10.0. The molecule has 0 saturated heterocycles. The number of rotatable bonds is 7. The standard InChI is InChI=1S/C20H29N5/c1-5-25(6-2)19-11-10-16(13-22-19)14-23-20(21)24-18-9-7-8-17(12-18)15(3)4/h7-13,15H,5-6,14H2,1-4H3,(H3,21,23,24). The van der Waals surface area contributed by atoms with Crippen LogP contribution in [-0.2, 0) is 6.54 Å². The maximum atomic E-state index is 6.01. The Kier molecular flexibility index (Phi) is 6.81. The summed E-state index contributed by atoms with van der Waals surface area (Å²) in [7, 11) is 0. The molecule has 1 aromatic carbocycles. The van der Waals surface area contributed by atoms with Crippen molar-refractivity contribution in [2.24, 2.45) is 10.7 Å². The predicted octanol–water partition coefficient (Wildman–Crippen LogP) is 3.98. The Hall–Kier alpha value is -2.56. The molecule has 5 heteroatoms. The molecule has 1 aromatic heterocycles. The summed E-state index contributed by atoms with van der Waals surface area (Å²) >= 11 is 0. The van der Waals surface area contributed by atoms with Crippen molar-refractivity contribution in [3.8, 4) is 0 Å². The fraction of sp³-hybridized carbons (Fsp3) is 0.400. The summed E-state index contributed by atoms with van der Waals surface area (Å²) in [4.78, 5) is 11.1. The van der Waals surface area contributed by atoms with Crippen molar-refractivity contribution < 1.29 is 0 Å². The maximum absolute atomic E-state index is 6.01. The molecule has 25 heavy (non-hydrogen) atoms. The number of hydrogen-bond acceptors (Lipinski definition) is 3. The first-order valence-corrected chi connectivity index (χ1v) is 8.90. The molecule has 2 rings (SSSR count). The second kappa shape index (κ2) is 9.06. The van der Waals surface area contributed by atoms with Gasteiger partial charge < -0.3 is 16.0 Å². The van der Waals surface area contributed by atoms with Gasteiger partial charge in [0, 0.05) is 25.0 Å². The van der Waals surface area contributed by atoms with Gasteiger partial charge in [-0.05, 0) is 49.1 Å². The van der Waals surface area contributed by atoms with Crippen LogP contribution < -0.4 is 16.0 Å². The molecule has 1 heterocycles. The van der Waals surface area contributed by atoms with Crippen molar-refractivity contribution in [2.75, 3.05) is 23.3 Å². The Bertz CT molecular complexity index is 687. The quantitative estimate of drug-likeness (QED) is 0.591. The highest BCUT2D eigenvalue weighted by Crippen LogP contribution is 2.18. The lowest BCUT2D eigenvalue weighted by Gasteiger charge is -2.19. The highest BCUT2D eigenvalue weighted by Gasteiger charge is 2.04. The van der Waals surface area contributed by atoms with Crippen LogP contribution in [0, 0.1) is 0 Å². The number of benzene rings is 1. The number of hydrogen-bond donors (Lipinski definition) is 2. The lowest BCUT2D eigenvalue weighted by molar-refractivity contribution is 0.843. The van der Waals surface area contributed by atoms with Crippen LogP contribution in [0.2, 0.25) is 0 Å². The van der Waals surface area contributed by atoms with Crippen LogP contribution in [0.4, 0.5) is 11.5 Å². The van der Waals surface area contributed by atoms with E-state index in [1.807, 2.05) is 24.4 Å². The van der Waals surface area contributed by atoms with Crippen molar-refractivity contribution in [3.63, 3.8) is 0 Å². The molecule has 3 N–H and O–H groups in total. The van der Waals surface area contributed by atoms with Gasteiger partial charge in [-0.2, -0.15) is 0 Å². The smallest absolute Gasteiger partial charge is 0.193 e. The van der Waals surface area contributed by atoms with Crippen LogP contribution in [0.15, 0.2) is 47.6 Å². The monoisotopic (exact) mass is 339 g/mol. The first-order chi connectivity index (χ1) is 12.0. The van der Waals surface area contributed by atoms with Crippen LogP contribution in [0.5, 0.6) is 0 Å². The van der Waals surface area contributed by atoms with Crippen molar-refractivity contribution in [1.29, 1.82) is 0 Å². The molecule has 0 aliphatic carbocycles. The van der Waals surface area contributed by atoms with Crippen molar-refractivity contribution in [1.82, 2.24) is 4.98 Å². The molecule has 0 fully saturated rings. The fourth-order valence-electron chi connectivity index (χ4n) is 2.58. The van der Waals surface area contributed by atoms with Gasteiger partial charge in [0.15, 0.2) is 5.96 Å². The number of guanidine groups is 1. The highest BCUT2D eigenvalue weighted by atomic mass is 15.2. The van der Waals surface area contributed by atoms with E-state index in [4.69, 9.17) is 5.73 Å². The van der Waals surface area contributed by atoms with Crippen molar-refractivity contribution in [3.05, 3.63) is 53.7 Å². The second-order valence-corrected chi connectivity index (χ2v) is 6.30. The number of nitrogens with one attached hydrogen (secondary N) is 1. The third-order valence-electron chi connectivity index (χ3n) is 4.15. The molecule has 0 saturated carbocycles. The van der Waals surface area contributed by atoms with Gasteiger partial charge in [-0.1, -0.05) is 32.0 Å². The molecule has 0 unspecified atom stereocenters. The van der Waals surface area contributed by atoms with Gasteiger partial charge in [0.2, 0.25) is 0 Å². The number of nitrogens with zero attached hydrogens (tertiary/aromatic N) is 3. The Labute approximate surface area is 151 Å². The molecule has 0 radical (unpaired) electrons. The summed E-state index contributed by atoms with van der Waals surface area (Å²) in [6.07, 6.45) is 1.86. The van der Waals surface area contributed by atoms with Crippen LogP contribution in [0.25, 0.3) is 0 Å². The van der Waals surface area contributed by atoms with Gasteiger partial charge >= 0.3 is 0 Å². The average Bonchev–Trinajstić information content (AvgIpc) is 2.62. The molecule has 0 aliphatic rings. The van der Waals surface area contributed by atoms with E-state index in [1.165, 1.54) is 5.56 Å². The predicted molar refractivity (Wildman–Crippen MR) is 107 cm³/mol. The Morgan fingerprint density at radius 1 is 1.20 bits per heavy atom. The first kappa shape index (κ1) is 18.8. The molecule has 0 aliphatic heterocycles. The summed E-state index contributed by atoms with van der Waals surface area (Å²) < 4.78 is 0. The molecular formula is C20H29N5. The number of pyridine rings is 1. The zero-order valence-electron chi connectivity index (χ0n) is 15.7. The van der Waals surface area contributed by atoms with Gasteiger partial charge in [-0.15, -0.1) is 0 Å². The third kappa shape index (κ3) is 5.48. The van der Waals surface area contributed by atoms with E-state index >= 15 is 0 Å². The zero-order valence-corrected chi connectivity index (χ0v) is 15.7. The molecule has 5 nitrogen and oxygen atoms in total. The molecule has 134 valence electrons. The highest BCUT2D eigenvalue weighted by molar-refractivity contribution is 5.92. The van der Waals surface area contributed by atoms with Crippen LogP contribution in [-0.4, -0.2) is 24.0 Å². The van der Waals surface area contributed by atoms with E-state index in [0.717, 1.165) is 30.2 Å². The van der Waals surface area contributed by atoms with E-state index in [-0.39, 0.29) is 0 Å². The summed E-state index contributed by atoms with van der Waals surface area (Å²) in [5.41, 5.74) is 9.28. The van der Waals surface area contributed by atoms with Crippen LogP contribution >= 0.6 is 0 Å².